The second-order valence-corrected chi connectivity index (χ2v) is 8.31. The van der Waals surface area contributed by atoms with Crippen LogP contribution in [0.2, 0.25) is 0 Å². The molecule has 2 aliphatic heterocycles. The van der Waals surface area contributed by atoms with Crippen molar-refractivity contribution in [1.29, 1.82) is 0 Å². The maximum Gasteiger partial charge on any atom is 0.248 e. The number of hydrogen-bond acceptors (Lipinski definition) is 7. The van der Waals surface area contributed by atoms with Crippen LogP contribution in [0, 0.1) is 10.1 Å². The van der Waals surface area contributed by atoms with E-state index in [4.69, 9.17) is 9.47 Å². The first-order chi connectivity index (χ1) is 16.5. The number of hydrazone groups is 1. The second-order valence-electron chi connectivity index (χ2n) is 8.31. The zero-order chi connectivity index (χ0) is 23.8. The summed E-state index contributed by atoms with van der Waals surface area (Å²) in [6, 6.07) is 18.8. The molecule has 0 aromatic heterocycles. The van der Waals surface area contributed by atoms with Gasteiger partial charge in [0.1, 0.15) is 23.6 Å². The van der Waals surface area contributed by atoms with Crippen LogP contribution in [0.5, 0.6) is 11.5 Å². The van der Waals surface area contributed by atoms with E-state index in [-0.39, 0.29) is 10.7 Å². The fourth-order valence-corrected chi connectivity index (χ4v) is 5.04. The lowest BCUT2D eigenvalue weighted by atomic mass is 9.82. The summed E-state index contributed by atoms with van der Waals surface area (Å²) in [7, 11) is 3.12. The van der Waals surface area contributed by atoms with Crippen molar-refractivity contribution in [3.05, 3.63) is 105 Å². The number of nitrogens with zero attached hydrogens (tertiary/aromatic N) is 3. The van der Waals surface area contributed by atoms with Gasteiger partial charge in [-0.05, 0) is 47.5 Å². The van der Waals surface area contributed by atoms with Gasteiger partial charge in [0.2, 0.25) is 6.04 Å². The van der Waals surface area contributed by atoms with Crippen LogP contribution >= 0.6 is 0 Å². The Kier molecular flexibility index (Phi) is 5.49. The SMILES string of the molecule is COc1ccc(C(=O)[C@@H]2[C@H](c3ccc(OC)cc3)[C@@H]([N+](=O)[O-])[C@H]3c4ccccc4C=NN23)cc1. The highest BCUT2D eigenvalue weighted by Gasteiger charge is 2.60. The molecule has 0 saturated carbocycles. The molecule has 5 rings (SSSR count). The van der Waals surface area contributed by atoms with Gasteiger partial charge in [-0.25, -0.2) is 0 Å². The van der Waals surface area contributed by atoms with E-state index in [1.807, 2.05) is 24.3 Å². The molecule has 8 nitrogen and oxygen atoms in total. The first-order valence-electron chi connectivity index (χ1n) is 10.9. The van der Waals surface area contributed by atoms with Crippen LogP contribution < -0.4 is 9.47 Å². The summed E-state index contributed by atoms with van der Waals surface area (Å²) >= 11 is 0. The van der Waals surface area contributed by atoms with E-state index in [0.29, 0.717) is 22.6 Å². The lowest BCUT2D eigenvalue weighted by molar-refractivity contribution is -0.529. The van der Waals surface area contributed by atoms with E-state index in [1.165, 1.54) is 0 Å². The number of rotatable bonds is 6. The number of fused-ring (bicyclic) bond motifs is 3. The third kappa shape index (κ3) is 3.48. The van der Waals surface area contributed by atoms with Gasteiger partial charge in [0.25, 0.3) is 0 Å². The quantitative estimate of drug-likeness (QED) is 0.314. The zero-order valence-corrected chi connectivity index (χ0v) is 18.7. The molecule has 0 amide bonds. The fraction of sp³-hybridized carbons (Fsp3) is 0.231. The van der Waals surface area contributed by atoms with Crippen molar-refractivity contribution in [1.82, 2.24) is 5.01 Å². The average molecular weight is 457 g/mol. The Morgan fingerprint density at radius 2 is 1.56 bits per heavy atom. The van der Waals surface area contributed by atoms with E-state index in [2.05, 4.69) is 5.10 Å². The normalized spacial score (nSPS) is 22.6. The van der Waals surface area contributed by atoms with Crippen LogP contribution in [-0.2, 0) is 0 Å². The molecule has 1 saturated heterocycles. The summed E-state index contributed by atoms with van der Waals surface area (Å²) in [6.07, 6.45) is 1.67. The van der Waals surface area contributed by atoms with Crippen molar-refractivity contribution in [2.75, 3.05) is 14.2 Å². The average Bonchev–Trinajstić information content (AvgIpc) is 3.24. The molecule has 2 heterocycles. The van der Waals surface area contributed by atoms with E-state index < -0.39 is 24.0 Å². The predicted molar refractivity (Wildman–Crippen MR) is 126 cm³/mol. The Bertz CT molecular complexity index is 1260. The number of Topliss-reactive ketones (excluding diaryl/α,β-unsaturated/α-hetero) is 1. The summed E-state index contributed by atoms with van der Waals surface area (Å²) in [6.45, 7) is 0. The predicted octanol–water partition coefficient (Wildman–Crippen LogP) is 4.09. The second kappa shape index (κ2) is 8.62. The third-order valence-electron chi connectivity index (χ3n) is 6.63. The minimum absolute atomic E-state index is 0.227. The summed E-state index contributed by atoms with van der Waals surface area (Å²) in [4.78, 5) is 26.1. The third-order valence-corrected chi connectivity index (χ3v) is 6.63. The summed E-state index contributed by atoms with van der Waals surface area (Å²) in [5.41, 5.74) is 2.75. The molecule has 34 heavy (non-hydrogen) atoms. The van der Waals surface area contributed by atoms with Gasteiger partial charge in [0, 0.05) is 16.1 Å². The molecule has 8 heteroatoms. The summed E-state index contributed by atoms with van der Waals surface area (Å²) in [5.74, 6) is 0.317. The number of methoxy groups -OCH3 is 2. The van der Waals surface area contributed by atoms with Crippen molar-refractivity contribution in [3.8, 4) is 11.5 Å². The van der Waals surface area contributed by atoms with Gasteiger partial charge in [-0.3, -0.25) is 19.9 Å². The molecular weight excluding hydrogens is 434 g/mol. The minimum atomic E-state index is -1.07. The Balaban J connectivity index is 1.67. The van der Waals surface area contributed by atoms with Crippen molar-refractivity contribution in [2.24, 2.45) is 5.10 Å². The maximum atomic E-state index is 13.9. The van der Waals surface area contributed by atoms with Gasteiger partial charge in [-0.2, -0.15) is 5.10 Å². The Morgan fingerprint density at radius 3 is 2.18 bits per heavy atom. The molecule has 172 valence electrons. The number of carbonyl (C=O) groups is 1. The number of hydrogen-bond donors (Lipinski definition) is 0. The van der Waals surface area contributed by atoms with Crippen molar-refractivity contribution < 1.29 is 19.2 Å². The lowest BCUT2D eigenvalue weighted by Gasteiger charge is -2.30. The smallest absolute Gasteiger partial charge is 0.248 e. The molecule has 0 N–H and O–H groups in total. The van der Waals surface area contributed by atoms with Crippen LogP contribution in [0.3, 0.4) is 0 Å². The van der Waals surface area contributed by atoms with Gasteiger partial charge < -0.3 is 9.47 Å². The molecule has 2 aliphatic rings. The standard InChI is InChI=1S/C26H23N3O5/c1-33-19-11-7-16(8-12-19)22-24(29(31)32)23-21-6-4-3-5-18(21)15-27-28(23)25(22)26(30)17-9-13-20(34-2)14-10-17/h3-15,22-25H,1-2H3/t22-,23-,24-,25+/m1/s1. The zero-order valence-electron chi connectivity index (χ0n) is 18.7. The molecule has 3 aromatic rings. The number of benzene rings is 3. The molecule has 0 radical (unpaired) electrons. The molecule has 0 aliphatic carbocycles. The van der Waals surface area contributed by atoms with Crippen molar-refractivity contribution in [2.45, 2.75) is 24.0 Å². The summed E-state index contributed by atoms with van der Waals surface area (Å²) < 4.78 is 10.5. The van der Waals surface area contributed by atoms with Crippen molar-refractivity contribution in [3.63, 3.8) is 0 Å². The van der Waals surface area contributed by atoms with E-state index in [9.17, 15) is 14.9 Å². The number of carbonyl (C=O) groups excluding carboxylic acids is 1. The van der Waals surface area contributed by atoms with Gasteiger partial charge in [-0.1, -0.05) is 36.4 Å². The molecule has 3 aromatic carbocycles. The Labute approximate surface area is 196 Å². The molecule has 4 atom stereocenters. The Morgan fingerprint density at radius 1 is 0.941 bits per heavy atom. The largest absolute Gasteiger partial charge is 0.497 e. The van der Waals surface area contributed by atoms with E-state index in [0.717, 1.165) is 11.1 Å². The van der Waals surface area contributed by atoms with Crippen LogP contribution in [0.25, 0.3) is 0 Å². The van der Waals surface area contributed by atoms with Crippen molar-refractivity contribution >= 4 is 12.0 Å². The van der Waals surface area contributed by atoms with E-state index >= 15 is 0 Å². The highest BCUT2D eigenvalue weighted by atomic mass is 16.6. The van der Waals surface area contributed by atoms with Crippen LogP contribution in [0.1, 0.15) is 39.0 Å². The van der Waals surface area contributed by atoms with Crippen LogP contribution in [-0.4, -0.2) is 48.2 Å². The Hall–Kier alpha value is -4.20. The van der Waals surface area contributed by atoms with Crippen LogP contribution in [0.4, 0.5) is 0 Å². The first-order valence-corrected chi connectivity index (χ1v) is 10.9. The molecule has 0 spiro atoms. The van der Waals surface area contributed by atoms with E-state index in [1.54, 1.807) is 74.0 Å². The highest BCUT2D eigenvalue weighted by Crippen LogP contribution is 2.49. The van der Waals surface area contributed by atoms with Gasteiger partial charge in [0.15, 0.2) is 5.78 Å². The van der Waals surface area contributed by atoms with Gasteiger partial charge in [-0.15, -0.1) is 0 Å². The maximum absolute atomic E-state index is 13.9. The van der Waals surface area contributed by atoms with Crippen LogP contribution in [0.15, 0.2) is 77.9 Å². The summed E-state index contributed by atoms with van der Waals surface area (Å²) in [5, 5.41) is 18.7. The minimum Gasteiger partial charge on any atom is -0.497 e. The monoisotopic (exact) mass is 457 g/mol. The highest BCUT2D eigenvalue weighted by molar-refractivity contribution is 6.01. The number of ketones is 1. The molecule has 1 fully saturated rings. The molecule has 0 unspecified atom stereocenters. The fourth-order valence-electron chi connectivity index (χ4n) is 5.04. The molecule has 0 bridgehead atoms. The number of ether oxygens (including phenoxy) is 2. The first kappa shape index (κ1) is 21.6. The topological polar surface area (TPSA) is 94.3 Å². The molecular formula is C26H23N3O5. The van der Waals surface area contributed by atoms with Gasteiger partial charge >= 0.3 is 0 Å². The number of nitro groups is 1. The van der Waals surface area contributed by atoms with Gasteiger partial charge in [0.05, 0.1) is 26.4 Å². The lowest BCUT2D eigenvalue weighted by Crippen LogP contribution is -2.38.